The lowest BCUT2D eigenvalue weighted by molar-refractivity contribution is 0.474. The first-order valence-electron chi connectivity index (χ1n) is 4.57. The van der Waals surface area contributed by atoms with Crippen LogP contribution in [-0.4, -0.2) is 12.1 Å². The highest BCUT2D eigenvalue weighted by Gasteiger charge is 2.05. The first kappa shape index (κ1) is 11.3. The van der Waals surface area contributed by atoms with Crippen molar-refractivity contribution < 1.29 is 0 Å². The van der Waals surface area contributed by atoms with E-state index in [1.54, 1.807) is 0 Å². The molecule has 0 radical (unpaired) electrons. The minimum atomic E-state index is 0.227. The maximum absolute atomic E-state index is 5.33. The molecule has 68 valence electrons. The molecule has 0 saturated carbocycles. The maximum atomic E-state index is 5.33. The molecule has 1 nitrogen and oxygen atoms in total. The Morgan fingerprint density at radius 3 is 2.75 bits per heavy atom. The standard InChI is InChI=1S/C11H19N/c1-5-8-9-10(4)12-11(6-2)7-3/h2,5,10-12H,1,7-9H2,3-4H3. The van der Waals surface area contributed by atoms with Crippen molar-refractivity contribution in [2.75, 3.05) is 0 Å². The number of hydrogen-bond donors (Lipinski definition) is 1. The Morgan fingerprint density at radius 2 is 2.33 bits per heavy atom. The van der Waals surface area contributed by atoms with Crippen LogP contribution >= 0.6 is 0 Å². The Balaban J connectivity index is 3.59. The first-order chi connectivity index (χ1) is 5.74. The zero-order valence-electron chi connectivity index (χ0n) is 8.14. The Kier molecular flexibility index (Phi) is 6.51. The lowest BCUT2D eigenvalue weighted by Crippen LogP contribution is -2.34. The van der Waals surface area contributed by atoms with E-state index in [1.807, 2.05) is 6.08 Å². The van der Waals surface area contributed by atoms with Crippen LogP contribution in [0.25, 0.3) is 0 Å². The van der Waals surface area contributed by atoms with E-state index in [9.17, 15) is 0 Å². The van der Waals surface area contributed by atoms with Crippen LogP contribution in [-0.2, 0) is 0 Å². The molecule has 0 amide bonds. The number of allylic oxidation sites excluding steroid dienone is 1. The van der Waals surface area contributed by atoms with Crippen LogP contribution in [0.2, 0.25) is 0 Å². The van der Waals surface area contributed by atoms with Crippen LogP contribution in [0.15, 0.2) is 12.7 Å². The molecular weight excluding hydrogens is 146 g/mol. The third kappa shape index (κ3) is 4.98. The van der Waals surface area contributed by atoms with Crippen LogP contribution in [0.3, 0.4) is 0 Å². The summed E-state index contributed by atoms with van der Waals surface area (Å²) in [6.07, 6.45) is 10.4. The highest BCUT2D eigenvalue weighted by molar-refractivity contribution is 4.98. The summed E-state index contributed by atoms with van der Waals surface area (Å²) in [6.45, 7) is 7.94. The van der Waals surface area contributed by atoms with Crippen molar-refractivity contribution in [1.82, 2.24) is 5.32 Å². The predicted molar refractivity (Wildman–Crippen MR) is 54.9 cm³/mol. The zero-order chi connectivity index (χ0) is 9.40. The Morgan fingerprint density at radius 1 is 1.67 bits per heavy atom. The molecule has 0 fully saturated rings. The molecule has 0 aliphatic carbocycles. The van der Waals surface area contributed by atoms with Crippen molar-refractivity contribution >= 4 is 0 Å². The second-order valence-electron chi connectivity index (χ2n) is 3.06. The van der Waals surface area contributed by atoms with E-state index in [0.29, 0.717) is 6.04 Å². The van der Waals surface area contributed by atoms with Gasteiger partial charge in [0.15, 0.2) is 0 Å². The van der Waals surface area contributed by atoms with Gasteiger partial charge in [-0.15, -0.1) is 13.0 Å². The fourth-order valence-electron chi connectivity index (χ4n) is 1.08. The van der Waals surface area contributed by atoms with Gasteiger partial charge in [0.2, 0.25) is 0 Å². The summed E-state index contributed by atoms with van der Waals surface area (Å²) in [4.78, 5) is 0. The molecule has 0 bridgehead atoms. The topological polar surface area (TPSA) is 12.0 Å². The van der Waals surface area contributed by atoms with Crippen LogP contribution in [0.4, 0.5) is 0 Å². The normalized spacial score (nSPS) is 14.8. The van der Waals surface area contributed by atoms with Gasteiger partial charge >= 0.3 is 0 Å². The Bertz CT molecular complexity index is 155. The monoisotopic (exact) mass is 165 g/mol. The largest absolute Gasteiger partial charge is 0.301 e. The van der Waals surface area contributed by atoms with E-state index in [0.717, 1.165) is 19.3 Å². The quantitative estimate of drug-likeness (QED) is 0.470. The van der Waals surface area contributed by atoms with Gasteiger partial charge in [-0.05, 0) is 26.2 Å². The molecule has 0 aromatic rings. The molecule has 0 aliphatic heterocycles. The third-order valence-electron chi connectivity index (χ3n) is 1.90. The van der Waals surface area contributed by atoms with Gasteiger partial charge < -0.3 is 5.32 Å². The first-order valence-corrected chi connectivity index (χ1v) is 4.57. The van der Waals surface area contributed by atoms with Gasteiger partial charge in [-0.2, -0.15) is 0 Å². The summed E-state index contributed by atoms with van der Waals surface area (Å²) in [7, 11) is 0. The maximum Gasteiger partial charge on any atom is 0.0686 e. The highest BCUT2D eigenvalue weighted by atomic mass is 14.9. The molecule has 0 saturated heterocycles. The van der Waals surface area contributed by atoms with E-state index < -0.39 is 0 Å². The van der Waals surface area contributed by atoms with Gasteiger partial charge in [-0.3, -0.25) is 0 Å². The van der Waals surface area contributed by atoms with E-state index in [-0.39, 0.29) is 6.04 Å². The molecule has 2 unspecified atom stereocenters. The van der Waals surface area contributed by atoms with Crippen LogP contribution in [0, 0.1) is 12.3 Å². The zero-order valence-corrected chi connectivity index (χ0v) is 8.14. The molecule has 0 spiro atoms. The summed E-state index contributed by atoms with van der Waals surface area (Å²) < 4.78 is 0. The lowest BCUT2D eigenvalue weighted by atomic mass is 10.1. The summed E-state index contributed by atoms with van der Waals surface area (Å²) >= 11 is 0. The number of terminal acetylenes is 1. The Hall–Kier alpha value is -0.740. The average molecular weight is 165 g/mol. The number of hydrogen-bond acceptors (Lipinski definition) is 1. The van der Waals surface area contributed by atoms with Gasteiger partial charge in [-0.1, -0.05) is 18.9 Å². The minimum Gasteiger partial charge on any atom is -0.301 e. The van der Waals surface area contributed by atoms with Crippen molar-refractivity contribution in [3.05, 3.63) is 12.7 Å². The third-order valence-corrected chi connectivity index (χ3v) is 1.90. The fraction of sp³-hybridized carbons (Fsp3) is 0.636. The van der Waals surface area contributed by atoms with Crippen LogP contribution < -0.4 is 5.32 Å². The molecular formula is C11H19N. The van der Waals surface area contributed by atoms with Gasteiger partial charge in [0.1, 0.15) is 0 Å². The van der Waals surface area contributed by atoms with Crippen molar-refractivity contribution in [3.8, 4) is 12.3 Å². The van der Waals surface area contributed by atoms with Crippen molar-refractivity contribution in [3.63, 3.8) is 0 Å². The molecule has 12 heavy (non-hydrogen) atoms. The van der Waals surface area contributed by atoms with Gasteiger partial charge in [0.25, 0.3) is 0 Å². The predicted octanol–water partition coefficient (Wildman–Crippen LogP) is 2.34. The fourth-order valence-corrected chi connectivity index (χ4v) is 1.08. The molecule has 0 aromatic carbocycles. The molecule has 1 heteroatoms. The molecule has 0 rings (SSSR count). The smallest absolute Gasteiger partial charge is 0.0686 e. The SMILES string of the molecule is C#CC(CC)NC(C)CCC=C. The second-order valence-corrected chi connectivity index (χ2v) is 3.06. The molecule has 0 aliphatic rings. The van der Waals surface area contributed by atoms with Crippen molar-refractivity contribution in [2.45, 2.75) is 45.2 Å². The van der Waals surface area contributed by atoms with Crippen LogP contribution in [0.1, 0.15) is 33.1 Å². The van der Waals surface area contributed by atoms with E-state index in [2.05, 4.69) is 31.7 Å². The minimum absolute atomic E-state index is 0.227. The van der Waals surface area contributed by atoms with Crippen LogP contribution in [0.5, 0.6) is 0 Å². The number of rotatable bonds is 6. The van der Waals surface area contributed by atoms with Gasteiger partial charge in [0, 0.05) is 6.04 Å². The number of nitrogens with one attached hydrogen (secondary N) is 1. The molecule has 2 atom stereocenters. The summed E-state index contributed by atoms with van der Waals surface area (Å²) in [6, 6.07) is 0.716. The van der Waals surface area contributed by atoms with Crippen molar-refractivity contribution in [2.24, 2.45) is 0 Å². The lowest BCUT2D eigenvalue weighted by Gasteiger charge is -2.17. The highest BCUT2D eigenvalue weighted by Crippen LogP contribution is 1.99. The van der Waals surface area contributed by atoms with E-state index in [1.165, 1.54) is 0 Å². The average Bonchev–Trinajstić information content (AvgIpc) is 2.10. The molecule has 0 heterocycles. The van der Waals surface area contributed by atoms with Gasteiger partial charge in [-0.25, -0.2) is 0 Å². The van der Waals surface area contributed by atoms with E-state index >= 15 is 0 Å². The summed E-state index contributed by atoms with van der Waals surface area (Å²) in [5.41, 5.74) is 0. The van der Waals surface area contributed by atoms with Gasteiger partial charge in [0.05, 0.1) is 6.04 Å². The second kappa shape index (κ2) is 6.94. The summed E-state index contributed by atoms with van der Waals surface area (Å²) in [5.74, 6) is 2.72. The Labute approximate surface area is 76.2 Å². The summed E-state index contributed by atoms with van der Waals surface area (Å²) in [5, 5.41) is 3.37. The van der Waals surface area contributed by atoms with E-state index in [4.69, 9.17) is 6.42 Å². The van der Waals surface area contributed by atoms with Crippen molar-refractivity contribution in [1.29, 1.82) is 0 Å². The molecule has 0 aromatic heterocycles. The molecule has 1 N–H and O–H groups in total.